The van der Waals surface area contributed by atoms with Gasteiger partial charge >= 0.3 is 12.2 Å². The number of fused-ring (bicyclic) bond motifs is 4. The molecule has 164 valence electrons. The Balaban J connectivity index is 1.56. The van der Waals surface area contributed by atoms with Crippen LogP contribution in [0.4, 0.5) is 35.3 Å². The highest BCUT2D eigenvalue weighted by Gasteiger charge is 2.45. The monoisotopic (exact) mass is 441 g/mol. The van der Waals surface area contributed by atoms with Gasteiger partial charge < -0.3 is 10.0 Å². The van der Waals surface area contributed by atoms with Gasteiger partial charge in [-0.1, -0.05) is 18.2 Å². The van der Waals surface area contributed by atoms with Gasteiger partial charge in [-0.3, -0.25) is 10.2 Å². The minimum Gasteiger partial charge on any atom is -0.389 e. The van der Waals surface area contributed by atoms with E-state index in [4.69, 9.17) is 0 Å². The van der Waals surface area contributed by atoms with E-state index in [1.54, 1.807) is 30.3 Å². The lowest BCUT2D eigenvalue weighted by molar-refractivity contribution is -0.137. The third-order valence-corrected chi connectivity index (χ3v) is 5.62. The summed E-state index contributed by atoms with van der Waals surface area (Å²) in [6.45, 7) is 0.754. The molecular formula is C22H18F3N5O2. The van der Waals surface area contributed by atoms with Crippen LogP contribution in [0.1, 0.15) is 5.56 Å². The maximum absolute atomic E-state index is 13.2. The Morgan fingerprint density at radius 3 is 2.69 bits per heavy atom. The van der Waals surface area contributed by atoms with Crippen molar-refractivity contribution in [3.63, 3.8) is 0 Å². The summed E-state index contributed by atoms with van der Waals surface area (Å²) in [5, 5.41) is 13.2. The number of aliphatic hydroxyl groups excluding tert-OH is 1. The van der Waals surface area contributed by atoms with Gasteiger partial charge in [0.1, 0.15) is 5.82 Å². The molecule has 5 rings (SSSR count). The summed E-state index contributed by atoms with van der Waals surface area (Å²) in [7, 11) is 0. The number of hydrogen-bond donors (Lipinski definition) is 2. The van der Waals surface area contributed by atoms with Crippen molar-refractivity contribution in [2.24, 2.45) is 0 Å². The molecule has 4 heterocycles. The van der Waals surface area contributed by atoms with Gasteiger partial charge in [-0.25, -0.2) is 14.8 Å². The molecule has 2 amide bonds. The molecule has 2 aliphatic heterocycles. The predicted molar refractivity (Wildman–Crippen MR) is 112 cm³/mol. The molecule has 0 saturated carbocycles. The number of carbonyl (C=O) groups excluding carboxylic acids is 1. The molecule has 1 fully saturated rings. The molecule has 32 heavy (non-hydrogen) atoms. The number of benzene rings is 1. The number of rotatable bonds is 2. The molecule has 7 nitrogen and oxygen atoms in total. The van der Waals surface area contributed by atoms with Crippen LogP contribution in [0.15, 0.2) is 60.8 Å². The topological polar surface area (TPSA) is 81.6 Å². The van der Waals surface area contributed by atoms with E-state index in [-0.39, 0.29) is 11.4 Å². The van der Waals surface area contributed by atoms with E-state index in [0.29, 0.717) is 30.3 Å². The van der Waals surface area contributed by atoms with Crippen molar-refractivity contribution in [2.45, 2.75) is 18.3 Å². The smallest absolute Gasteiger partial charge is 0.389 e. The summed E-state index contributed by atoms with van der Waals surface area (Å²) in [4.78, 5) is 25.1. The minimum atomic E-state index is -4.48. The second-order valence-electron chi connectivity index (χ2n) is 7.67. The molecule has 2 aromatic heterocycles. The third-order valence-electron chi connectivity index (χ3n) is 5.62. The second-order valence-corrected chi connectivity index (χ2v) is 7.67. The van der Waals surface area contributed by atoms with Crippen molar-refractivity contribution < 1.29 is 23.1 Å². The molecule has 1 aromatic carbocycles. The van der Waals surface area contributed by atoms with E-state index in [2.05, 4.69) is 15.3 Å². The van der Waals surface area contributed by atoms with Crippen LogP contribution in [0.2, 0.25) is 0 Å². The maximum Gasteiger partial charge on any atom is 0.416 e. The summed E-state index contributed by atoms with van der Waals surface area (Å²) >= 11 is 0. The van der Waals surface area contributed by atoms with Gasteiger partial charge in [-0.05, 0) is 36.4 Å². The van der Waals surface area contributed by atoms with Gasteiger partial charge in [0.2, 0.25) is 0 Å². The van der Waals surface area contributed by atoms with E-state index in [1.165, 1.54) is 23.2 Å². The summed E-state index contributed by atoms with van der Waals surface area (Å²) in [6, 6.07) is 12.2. The van der Waals surface area contributed by atoms with Crippen molar-refractivity contribution in [1.82, 2.24) is 9.97 Å². The molecule has 2 atom stereocenters. The first-order valence-corrected chi connectivity index (χ1v) is 9.94. The first kappa shape index (κ1) is 20.3. The van der Waals surface area contributed by atoms with Gasteiger partial charge in [-0.15, -0.1) is 0 Å². The normalized spacial score (nSPS) is 19.6. The molecule has 3 aromatic rings. The van der Waals surface area contributed by atoms with E-state index >= 15 is 0 Å². The highest BCUT2D eigenvalue weighted by molar-refractivity contribution is 6.04. The summed E-state index contributed by atoms with van der Waals surface area (Å²) in [5.74, 6) is 0.615. The third kappa shape index (κ3) is 3.52. The van der Waals surface area contributed by atoms with Crippen molar-refractivity contribution in [3.8, 4) is 11.3 Å². The number of halogens is 3. The number of nitrogens with one attached hydrogen (secondary N) is 1. The molecule has 2 aliphatic rings. The van der Waals surface area contributed by atoms with Crippen LogP contribution in [0.5, 0.6) is 0 Å². The lowest BCUT2D eigenvalue weighted by Gasteiger charge is -2.36. The molecule has 1 saturated heterocycles. The van der Waals surface area contributed by atoms with E-state index < -0.39 is 29.9 Å². The highest BCUT2D eigenvalue weighted by Crippen LogP contribution is 2.41. The van der Waals surface area contributed by atoms with Crippen molar-refractivity contribution >= 4 is 23.4 Å². The fourth-order valence-corrected chi connectivity index (χ4v) is 4.11. The standard InChI is InChI=1S/C22H18F3N5O2/c23-22(24,25)14-5-3-4-13(10-14)15-7-8-16-20(27-15)30(17-11-29(16)12-18(17)31)21(32)28-19-6-1-2-9-26-19/h1-10,17-18,31H,11-12H2,(H,26,28,32)/t17-,18-/m1/s1. The fourth-order valence-electron chi connectivity index (χ4n) is 4.11. The van der Waals surface area contributed by atoms with E-state index in [9.17, 15) is 23.1 Å². The van der Waals surface area contributed by atoms with Crippen LogP contribution in [0.25, 0.3) is 11.3 Å². The number of aliphatic hydroxyl groups is 1. The molecule has 0 radical (unpaired) electrons. The van der Waals surface area contributed by atoms with Crippen molar-refractivity contribution in [3.05, 3.63) is 66.4 Å². The van der Waals surface area contributed by atoms with Gasteiger partial charge in [0.15, 0.2) is 5.82 Å². The molecule has 2 N–H and O–H groups in total. The second kappa shape index (κ2) is 7.49. The number of urea groups is 1. The summed E-state index contributed by atoms with van der Waals surface area (Å²) in [5.41, 5.74) is 0.423. The van der Waals surface area contributed by atoms with Crippen molar-refractivity contribution in [2.75, 3.05) is 28.2 Å². The molecule has 0 spiro atoms. The van der Waals surface area contributed by atoms with Crippen LogP contribution >= 0.6 is 0 Å². The van der Waals surface area contributed by atoms with E-state index in [0.717, 1.165) is 12.1 Å². The number of aromatic nitrogens is 2. The SMILES string of the molecule is O=C(Nc1ccccn1)N1c2nc(-c3cccc(C(F)(F)F)c3)ccc2N2C[C@@H](O)[C@H]1C2. The summed E-state index contributed by atoms with van der Waals surface area (Å²) in [6.07, 6.45) is -3.74. The zero-order chi connectivity index (χ0) is 22.5. The Hall–Kier alpha value is -3.66. The largest absolute Gasteiger partial charge is 0.416 e. The van der Waals surface area contributed by atoms with E-state index in [1.807, 2.05) is 4.90 Å². The number of hydrogen-bond acceptors (Lipinski definition) is 5. The average molecular weight is 441 g/mol. The highest BCUT2D eigenvalue weighted by atomic mass is 19.4. The number of nitrogens with zero attached hydrogens (tertiary/aromatic N) is 4. The van der Waals surface area contributed by atoms with Crippen molar-refractivity contribution in [1.29, 1.82) is 0 Å². The van der Waals surface area contributed by atoms with Crippen LogP contribution < -0.4 is 15.1 Å². The first-order valence-electron chi connectivity index (χ1n) is 9.94. The lowest BCUT2D eigenvalue weighted by Crippen LogP contribution is -2.51. The average Bonchev–Trinajstić information content (AvgIpc) is 3.10. The maximum atomic E-state index is 13.2. The Morgan fingerprint density at radius 2 is 1.94 bits per heavy atom. The zero-order valence-corrected chi connectivity index (χ0v) is 16.6. The fraction of sp³-hybridized carbons (Fsp3) is 0.227. The van der Waals surface area contributed by atoms with Crippen LogP contribution in [0.3, 0.4) is 0 Å². The van der Waals surface area contributed by atoms with Gasteiger partial charge in [-0.2, -0.15) is 13.2 Å². The molecule has 2 bridgehead atoms. The van der Waals surface area contributed by atoms with Gasteiger partial charge in [0, 0.05) is 24.8 Å². The van der Waals surface area contributed by atoms with Crippen LogP contribution in [-0.4, -0.2) is 46.3 Å². The molecule has 10 heteroatoms. The lowest BCUT2D eigenvalue weighted by atomic mass is 10.1. The number of carbonyl (C=O) groups is 1. The summed E-state index contributed by atoms with van der Waals surface area (Å²) < 4.78 is 39.5. The molecule has 0 unspecified atom stereocenters. The first-order chi connectivity index (χ1) is 15.3. The quantitative estimate of drug-likeness (QED) is 0.633. The Kier molecular flexibility index (Phi) is 4.74. The minimum absolute atomic E-state index is 0.279. The predicted octanol–water partition coefficient (Wildman–Crippen LogP) is 3.76. The van der Waals surface area contributed by atoms with Gasteiger partial charge in [0.05, 0.1) is 29.1 Å². The molecule has 0 aliphatic carbocycles. The van der Waals surface area contributed by atoms with Crippen LogP contribution in [-0.2, 0) is 6.18 Å². The number of alkyl halides is 3. The van der Waals surface area contributed by atoms with Crippen LogP contribution in [0, 0.1) is 0 Å². The number of anilines is 3. The Bertz CT molecular complexity index is 1170. The Morgan fingerprint density at radius 1 is 1.09 bits per heavy atom. The number of amides is 2. The molecular weight excluding hydrogens is 423 g/mol. The van der Waals surface area contributed by atoms with Gasteiger partial charge in [0.25, 0.3) is 0 Å². The zero-order valence-electron chi connectivity index (χ0n) is 16.6. The number of pyridine rings is 2. The Labute approximate surface area is 181 Å².